The van der Waals surface area contributed by atoms with Crippen molar-refractivity contribution in [3.63, 3.8) is 0 Å². The minimum Gasteiger partial charge on any atom is -0.490 e. The lowest BCUT2D eigenvalue weighted by Gasteiger charge is -2.35. The summed E-state index contributed by atoms with van der Waals surface area (Å²) >= 11 is 6.31. The van der Waals surface area contributed by atoms with E-state index in [-0.39, 0.29) is 25.4 Å². The third kappa shape index (κ3) is 6.18. The van der Waals surface area contributed by atoms with Crippen molar-refractivity contribution in [1.29, 1.82) is 0 Å². The Kier molecular flexibility index (Phi) is 8.63. The molecule has 2 atom stereocenters. The molecule has 1 saturated heterocycles. The molecule has 0 bridgehead atoms. The van der Waals surface area contributed by atoms with Gasteiger partial charge >= 0.3 is 6.09 Å². The molecule has 3 heterocycles. The van der Waals surface area contributed by atoms with Crippen LogP contribution in [0.3, 0.4) is 0 Å². The molecule has 8 nitrogen and oxygen atoms in total. The van der Waals surface area contributed by atoms with Crippen LogP contribution >= 0.6 is 11.6 Å². The second-order valence-corrected chi connectivity index (χ2v) is 10.5. The summed E-state index contributed by atoms with van der Waals surface area (Å²) in [5.41, 5.74) is 4.06. The van der Waals surface area contributed by atoms with Crippen molar-refractivity contribution in [1.82, 2.24) is 14.8 Å². The molecule has 1 fully saturated rings. The number of β-amino-alcohol motifs (C(OH)–C–C–N with tert-alkyl or cyclic N) is 1. The maximum atomic E-state index is 13.1. The van der Waals surface area contributed by atoms with Crippen molar-refractivity contribution in [3.05, 3.63) is 64.3 Å². The largest absolute Gasteiger partial charge is 0.490 e. The highest BCUT2D eigenvalue weighted by atomic mass is 35.5. The van der Waals surface area contributed by atoms with Crippen LogP contribution in [0.1, 0.15) is 42.6 Å². The first-order chi connectivity index (χ1) is 19.0. The summed E-state index contributed by atoms with van der Waals surface area (Å²) in [6.45, 7) is 4.16. The van der Waals surface area contributed by atoms with Crippen LogP contribution in [0.2, 0.25) is 5.02 Å². The lowest BCUT2D eigenvalue weighted by molar-refractivity contribution is 0.0346. The van der Waals surface area contributed by atoms with E-state index in [0.717, 1.165) is 59.4 Å². The van der Waals surface area contributed by atoms with Crippen LogP contribution in [-0.4, -0.2) is 82.7 Å². The summed E-state index contributed by atoms with van der Waals surface area (Å²) in [5.74, 6) is 6.33. The minimum atomic E-state index is -0.707. The fraction of sp³-hybridized carbons (Fsp3) is 0.433. The van der Waals surface area contributed by atoms with Crippen molar-refractivity contribution >= 4 is 28.6 Å². The molecule has 0 unspecified atom stereocenters. The summed E-state index contributed by atoms with van der Waals surface area (Å²) in [6, 6.07) is 13.4. The number of aliphatic hydroxyl groups is 2. The van der Waals surface area contributed by atoms with E-state index in [2.05, 4.69) is 21.7 Å². The fourth-order valence-corrected chi connectivity index (χ4v) is 5.72. The number of likely N-dealkylation sites (tertiary alicyclic amines) is 1. The molecule has 206 valence electrons. The molecule has 0 spiro atoms. The SMILES string of the molecule is CC#CCOC(=O)N1CCc2c([nH]c3ccc(Cl)cc23)[C@@H]1c1ccc(OC2CCN(C[C@H](O)CO)CC2)cc1. The summed E-state index contributed by atoms with van der Waals surface area (Å²) < 4.78 is 11.7. The number of fused-ring (bicyclic) bond motifs is 3. The van der Waals surface area contributed by atoms with Gasteiger partial charge in [-0.1, -0.05) is 29.7 Å². The van der Waals surface area contributed by atoms with Gasteiger partial charge in [0.25, 0.3) is 0 Å². The summed E-state index contributed by atoms with van der Waals surface area (Å²) in [5, 5.41) is 20.5. The average molecular weight is 552 g/mol. The molecule has 5 rings (SSSR count). The first-order valence-corrected chi connectivity index (χ1v) is 13.8. The van der Waals surface area contributed by atoms with Crippen LogP contribution < -0.4 is 4.74 Å². The number of nitrogens with zero attached hydrogens (tertiary/aromatic N) is 2. The smallest absolute Gasteiger partial charge is 0.411 e. The number of H-pyrrole nitrogens is 1. The number of amides is 1. The van der Waals surface area contributed by atoms with Gasteiger partial charge in [-0.25, -0.2) is 4.79 Å². The van der Waals surface area contributed by atoms with Gasteiger partial charge in [-0.3, -0.25) is 4.90 Å². The Balaban J connectivity index is 1.35. The summed E-state index contributed by atoms with van der Waals surface area (Å²) in [7, 11) is 0. The maximum absolute atomic E-state index is 13.1. The number of rotatable bonds is 7. The standard InChI is InChI=1S/C30H34ClN3O5/c1-2-3-16-38-30(37)34-15-12-25-26-17-21(31)6-9-27(26)32-28(25)29(34)20-4-7-23(8-5-20)39-24-10-13-33(14-11-24)18-22(36)19-35/h4-9,17,22,24,29,32,35-36H,10-16,18-19H2,1H3/t22-,29-/m0/s1. The van der Waals surface area contributed by atoms with E-state index >= 15 is 0 Å². The van der Waals surface area contributed by atoms with Gasteiger partial charge in [0, 0.05) is 47.8 Å². The number of ether oxygens (including phenoxy) is 2. The molecular weight excluding hydrogens is 518 g/mol. The van der Waals surface area contributed by atoms with Crippen LogP contribution in [0.4, 0.5) is 4.79 Å². The number of carbonyl (C=O) groups excluding carboxylic acids is 1. The van der Waals surface area contributed by atoms with Crippen LogP contribution in [-0.2, 0) is 11.2 Å². The van der Waals surface area contributed by atoms with E-state index in [1.54, 1.807) is 11.8 Å². The lowest BCUT2D eigenvalue weighted by Crippen LogP contribution is -2.42. The quantitative estimate of drug-likeness (QED) is 0.382. The lowest BCUT2D eigenvalue weighted by atomic mass is 9.92. The van der Waals surface area contributed by atoms with Crippen molar-refractivity contribution in [2.75, 3.05) is 39.4 Å². The van der Waals surface area contributed by atoms with Crippen molar-refractivity contribution in [2.24, 2.45) is 0 Å². The second-order valence-electron chi connectivity index (χ2n) is 10.1. The zero-order valence-electron chi connectivity index (χ0n) is 22.0. The van der Waals surface area contributed by atoms with Crippen LogP contribution in [0.25, 0.3) is 10.9 Å². The minimum absolute atomic E-state index is 0.0538. The summed E-state index contributed by atoms with van der Waals surface area (Å²) in [6.07, 6.45) is 1.37. The maximum Gasteiger partial charge on any atom is 0.411 e. The van der Waals surface area contributed by atoms with Crippen molar-refractivity contribution in [3.8, 4) is 17.6 Å². The highest BCUT2D eigenvalue weighted by Gasteiger charge is 2.35. The Morgan fingerprint density at radius 3 is 2.67 bits per heavy atom. The van der Waals surface area contributed by atoms with Gasteiger partial charge in [0.15, 0.2) is 6.61 Å². The number of piperidine rings is 1. The molecule has 0 radical (unpaired) electrons. The van der Waals surface area contributed by atoms with E-state index in [9.17, 15) is 9.90 Å². The number of nitrogens with one attached hydrogen (secondary N) is 1. The Morgan fingerprint density at radius 1 is 1.18 bits per heavy atom. The van der Waals surface area contributed by atoms with Crippen molar-refractivity contribution < 1.29 is 24.5 Å². The molecule has 3 N–H and O–H groups in total. The van der Waals surface area contributed by atoms with Crippen molar-refractivity contribution in [2.45, 2.75) is 44.4 Å². The molecule has 2 aliphatic rings. The first kappa shape index (κ1) is 27.4. The molecular formula is C30H34ClN3O5. The molecule has 1 amide bonds. The predicted octanol–water partition coefficient (Wildman–Crippen LogP) is 4.13. The third-order valence-corrected chi connectivity index (χ3v) is 7.72. The van der Waals surface area contributed by atoms with Gasteiger partial charge in [-0.2, -0.15) is 0 Å². The molecule has 2 aromatic carbocycles. The average Bonchev–Trinajstić information content (AvgIpc) is 3.32. The van der Waals surface area contributed by atoms with Gasteiger partial charge < -0.3 is 29.6 Å². The fourth-order valence-electron chi connectivity index (χ4n) is 5.54. The van der Waals surface area contributed by atoms with Crippen LogP contribution in [0, 0.1) is 11.8 Å². The molecule has 3 aromatic rings. The normalized spacial score (nSPS) is 18.8. The number of benzene rings is 2. The number of halogens is 1. The number of hydrogen-bond donors (Lipinski definition) is 3. The highest BCUT2D eigenvalue weighted by Crippen LogP contribution is 2.40. The molecule has 0 saturated carbocycles. The van der Waals surface area contributed by atoms with Gasteiger partial charge in [0.2, 0.25) is 0 Å². The summed E-state index contributed by atoms with van der Waals surface area (Å²) in [4.78, 5) is 20.6. The number of hydrogen-bond acceptors (Lipinski definition) is 6. The van der Waals surface area contributed by atoms with Crippen LogP contribution in [0.5, 0.6) is 5.75 Å². The predicted molar refractivity (Wildman–Crippen MR) is 150 cm³/mol. The Bertz CT molecular complexity index is 1350. The van der Waals surface area contributed by atoms with E-state index in [0.29, 0.717) is 24.5 Å². The zero-order chi connectivity index (χ0) is 27.4. The van der Waals surface area contributed by atoms with Gasteiger partial charge in [-0.05, 0) is 67.6 Å². The van der Waals surface area contributed by atoms with E-state index < -0.39 is 12.2 Å². The number of aromatic nitrogens is 1. The molecule has 1 aromatic heterocycles. The molecule has 39 heavy (non-hydrogen) atoms. The Labute approximate surface area is 233 Å². The zero-order valence-corrected chi connectivity index (χ0v) is 22.8. The number of carbonyl (C=O) groups is 1. The Hall–Kier alpha value is -3.22. The van der Waals surface area contributed by atoms with E-state index in [1.165, 1.54) is 0 Å². The highest BCUT2D eigenvalue weighted by molar-refractivity contribution is 6.31. The van der Waals surface area contributed by atoms with E-state index in [1.807, 2.05) is 42.5 Å². The second kappa shape index (κ2) is 12.3. The van der Waals surface area contributed by atoms with E-state index in [4.69, 9.17) is 26.2 Å². The van der Waals surface area contributed by atoms with Crippen LogP contribution in [0.15, 0.2) is 42.5 Å². The molecule has 2 aliphatic heterocycles. The number of aliphatic hydroxyl groups excluding tert-OH is 2. The molecule has 0 aliphatic carbocycles. The topological polar surface area (TPSA) is 98.3 Å². The molecule has 9 heteroatoms. The third-order valence-electron chi connectivity index (χ3n) is 7.48. The number of aromatic amines is 1. The first-order valence-electron chi connectivity index (χ1n) is 13.4. The van der Waals surface area contributed by atoms with Gasteiger partial charge in [-0.15, -0.1) is 5.92 Å². The Morgan fingerprint density at radius 2 is 1.95 bits per heavy atom. The van der Waals surface area contributed by atoms with Gasteiger partial charge in [0.1, 0.15) is 17.9 Å². The van der Waals surface area contributed by atoms with Gasteiger partial charge in [0.05, 0.1) is 12.7 Å². The monoisotopic (exact) mass is 551 g/mol.